The first kappa shape index (κ1) is 22.6. The highest BCUT2D eigenvalue weighted by molar-refractivity contribution is 6.09. The summed E-state index contributed by atoms with van der Waals surface area (Å²) >= 11 is 0. The van der Waals surface area contributed by atoms with E-state index in [1.165, 1.54) is 6.20 Å². The number of nitrogens with one attached hydrogen (secondary N) is 1. The Bertz CT molecular complexity index is 1200. The molecule has 0 spiro atoms. The monoisotopic (exact) mass is 466 g/mol. The molecule has 4 heterocycles. The fourth-order valence-corrected chi connectivity index (χ4v) is 4.71. The summed E-state index contributed by atoms with van der Waals surface area (Å²) in [4.78, 5) is 21.9. The highest BCUT2D eigenvalue weighted by atomic mass is 16.5. The van der Waals surface area contributed by atoms with Gasteiger partial charge in [0, 0.05) is 63.2 Å². The number of carbonyl (C=O) groups is 1. The standard InChI is InChI=1S/C24H30N6O4/c1-24(2)12-16-10-19(27-23(33)18-13-26-30-5-3-4-25-22(18)30)20(11-21(16)34-24)29-8-6-28(7-9-29)14-17(32)15-31/h3-5,10-11,13,17,31-32H,6-9,12,14-15H2,1-2H3,(H,27,33). The van der Waals surface area contributed by atoms with Gasteiger partial charge in [-0.25, -0.2) is 9.50 Å². The summed E-state index contributed by atoms with van der Waals surface area (Å²) in [5, 5.41) is 26.2. The number of aromatic nitrogens is 3. The molecule has 1 saturated heterocycles. The molecule has 2 aromatic heterocycles. The molecule has 0 bridgehead atoms. The molecule has 0 radical (unpaired) electrons. The van der Waals surface area contributed by atoms with Gasteiger partial charge in [-0.15, -0.1) is 0 Å². The molecule has 1 atom stereocenters. The van der Waals surface area contributed by atoms with Crippen molar-refractivity contribution >= 4 is 22.9 Å². The van der Waals surface area contributed by atoms with E-state index < -0.39 is 6.10 Å². The molecule has 1 unspecified atom stereocenters. The number of hydrogen-bond acceptors (Lipinski definition) is 8. The predicted molar refractivity (Wildman–Crippen MR) is 128 cm³/mol. The molecule has 0 saturated carbocycles. The van der Waals surface area contributed by atoms with Crippen molar-refractivity contribution in [3.63, 3.8) is 0 Å². The van der Waals surface area contributed by atoms with Gasteiger partial charge in [0.15, 0.2) is 5.65 Å². The average molecular weight is 467 g/mol. The summed E-state index contributed by atoms with van der Waals surface area (Å²) in [5.74, 6) is 0.576. The van der Waals surface area contributed by atoms with Crippen molar-refractivity contribution < 1.29 is 19.7 Å². The smallest absolute Gasteiger partial charge is 0.261 e. The number of anilines is 2. The van der Waals surface area contributed by atoms with Crippen LogP contribution in [0.2, 0.25) is 0 Å². The van der Waals surface area contributed by atoms with Crippen molar-refractivity contribution in [2.75, 3.05) is 49.5 Å². The number of benzene rings is 1. The van der Waals surface area contributed by atoms with E-state index in [1.54, 1.807) is 23.0 Å². The number of rotatable bonds is 6. The average Bonchev–Trinajstić information content (AvgIpc) is 3.38. The lowest BCUT2D eigenvalue weighted by Crippen LogP contribution is -2.49. The van der Waals surface area contributed by atoms with Gasteiger partial charge in [-0.1, -0.05) is 0 Å². The third-order valence-electron chi connectivity index (χ3n) is 6.35. The number of carbonyl (C=O) groups excluding carboxylic acids is 1. The molecule has 34 heavy (non-hydrogen) atoms. The Balaban J connectivity index is 1.42. The van der Waals surface area contributed by atoms with Crippen molar-refractivity contribution in [1.29, 1.82) is 0 Å². The zero-order valence-electron chi connectivity index (χ0n) is 19.4. The number of aliphatic hydroxyl groups excluding tert-OH is 2. The second-order valence-electron chi connectivity index (χ2n) is 9.54. The Labute approximate surface area is 197 Å². The van der Waals surface area contributed by atoms with E-state index in [0.717, 1.165) is 55.3 Å². The lowest BCUT2D eigenvalue weighted by atomic mass is 10.0. The minimum Gasteiger partial charge on any atom is -0.487 e. The molecular formula is C24H30N6O4. The minimum atomic E-state index is -0.739. The fraction of sp³-hybridized carbons (Fsp3) is 0.458. The van der Waals surface area contributed by atoms with Gasteiger partial charge in [0.1, 0.15) is 16.9 Å². The summed E-state index contributed by atoms with van der Waals surface area (Å²) in [6, 6.07) is 5.80. The van der Waals surface area contributed by atoms with Crippen molar-refractivity contribution in [3.05, 3.63) is 47.9 Å². The van der Waals surface area contributed by atoms with Crippen LogP contribution in [0, 0.1) is 0 Å². The number of ether oxygens (including phenoxy) is 1. The van der Waals surface area contributed by atoms with Gasteiger partial charge in [0.25, 0.3) is 5.91 Å². The van der Waals surface area contributed by atoms with E-state index in [1.807, 2.05) is 12.1 Å². The first-order chi connectivity index (χ1) is 16.3. The van der Waals surface area contributed by atoms with Crippen LogP contribution in [0.5, 0.6) is 5.75 Å². The van der Waals surface area contributed by atoms with Crippen LogP contribution in [0.4, 0.5) is 11.4 Å². The Morgan fingerprint density at radius 2 is 2.06 bits per heavy atom. The van der Waals surface area contributed by atoms with E-state index in [9.17, 15) is 9.90 Å². The second-order valence-corrected chi connectivity index (χ2v) is 9.54. The van der Waals surface area contributed by atoms with Crippen molar-refractivity contribution in [3.8, 4) is 5.75 Å². The first-order valence-electron chi connectivity index (χ1n) is 11.5. The molecule has 10 nitrogen and oxygen atoms in total. The number of β-amino-alcohol motifs (C(OH)–C–C–N with tert-alkyl or cyclic N) is 1. The molecule has 3 aromatic rings. The molecule has 1 amide bonds. The van der Waals surface area contributed by atoms with Gasteiger partial charge in [-0.2, -0.15) is 5.10 Å². The predicted octanol–water partition coefficient (Wildman–Crippen LogP) is 1.17. The Kier molecular flexibility index (Phi) is 5.88. The van der Waals surface area contributed by atoms with E-state index in [-0.39, 0.29) is 18.1 Å². The summed E-state index contributed by atoms with van der Waals surface area (Å²) in [6.45, 7) is 7.24. The normalized spacial score (nSPS) is 18.5. The molecule has 0 aliphatic carbocycles. The van der Waals surface area contributed by atoms with Gasteiger partial charge in [0.2, 0.25) is 0 Å². The van der Waals surface area contributed by atoms with Crippen LogP contribution in [0.1, 0.15) is 29.8 Å². The topological polar surface area (TPSA) is 115 Å². The second kappa shape index (κ2) is 8.86. The van der Waals surface area contributed by atoms with Crippen molar-refractivity contribution in [1.82, 2.24) is 19.5 Å². The quantitative estimate of drug-likeness (QED) is 0.496. The lowest BCUT2D eigenvalue weighted by Gasteiger charge is -2.37. The van der Waals surface area contributed by atoms with Crippen LogP contribution in [0.25, 0.3) is 5.65 Å². The molecule has 3 N–H and O–H groups in total. The van der Waals surface area contributed by atoms with Crippen LogP contribution >= 0.6 is 0 Å². The largest absolute Gasteiger partial charge is 0.487 e. The lowest BCUT2D eigenvalue weighted by molar-refractivity contribution is 0.0575. The van der Waals surface area contributed by atoms with Gasteiger partial charge < -0.3 is 25.2 Å². The van der Waals surface area contributed by atoms with Crippen molar-refractivity contribution in [2.24, 2.45) is 0 Å². The minimum absolute atomic E-state index is 0.243. The highest BCUT2D eigenvalue weighted by Crippen LogP contribution is 2.42. The molecule has 1 fully saturated rings. The Hall–Kier alpha value is -3.21. The fourth-order valence-electron chi connectivity index (χ4n) is 4.71. The summed E-state index contributed by atoms with van der Waals surface area (Å²) < 4.78 is 7.75. The summed E-state index contributed by atoms with van der Waals surface area (Å²) in [5.41, 5.74) is 3.30. The van der Waals surface area contributed by atoms with E-state index in [4.69, 9.17) is 9.84 Å². The highest BCUT2D eigenvalue weighted by Gasteiger charge is 2.32. The van der Waals surface area contributed by atoms with Gasteiger partial charge in [-0.3, -0.25) is 9.69 Å². The van der Waals surface area contributed by atoms with Gasteiger partial charge >= 0.3 is 0 Å². The molecule has 2 aliphatic heterocycles. The maximum Gasteiger partial charge on any atom is 0.261 e. The van der Waals surface area contributed by atoms with Crippen LogP contribution in [-0.2, 0) is 6.42 Å². The zero-order chi connectivity index (χ0) is 23.9. The zero-order valence-corrected chi connectivity index (χ0v) is 19.4. The van der Waals surface area contributed by atoms with Gasteiger partial charge in [-0.05, 0) is 26.0 Å². The molecule has 10 heteroatoms. The molecule has 5 rings (SSSR count). The number of amides is 1. The van der Waals surface area contributed by atoms with Crippen LogP contribution in [0.3, 0.4) is 0 Å². The number of hydrogen-bond donors (Lipinski definition) is 3. The maximum atomic E-state index is 13.2. The van der Waals surface area contributed by atoms with E-state index in [2.05, 4.69) is 39.0 Å². The third-order valence-corrected chi connectivity index (χ3v) is 6.35. The molecule has 1 aromatic carbocycles. The van der Waals surface area contributed by atoms with Gasteiger partial charge in [0.05, 0.1) is 30.3 Å². The number of nitrogens with zero attached hydrogens (tertiary/aromatic N) is 5. The summed E-state index contributed by atoms with van der Waals surface area (Å²) in [7, 11) is 0. The number of fused-ring (bicyclic) bond motifs is 2. The van der Waals surface area contributed by atoms with Crippen LogP contribution in [0.15, 0.2) is 36.8 Å². The van der Waals surface area contributed by atoms with Crippen molar-refractivity contribution in [2.45, 2.75) is 32.0 Å². The van der Waals surface area contributed by atoms with E-state index >= 15 is 0 Å². The number of piperazine rings is 1. The molecular weight excluding hydrogens is 436 g/mol. The van der Waals surface area contributed by atoms with E-state index in [0.29, 0.717) is 17.8 Å². The van der Waals surface area contributed by atoms with Crippen LogP contribution < -0.4 is 15.0 Å². The molecule has 180 valence electrons. The third kappa shape index (κ3) is 4.44. The maximum absolute atomic E-state index is 13.2. The SMILES string of the molecule is CC1(C)Cc2cc(NC(=O)c3cnn4cccnc34)c(N3CCN(CC(O)CO)CC3)cc2O1. The molecule has 2 aliphatic rings. The Morgan fingerprint density at radius 3 is 2.82 bits per heavy atom. The van der Waals surface area contributed by atoms with Crippen LogP contribution in [-0.4, -0.2) is 86.7 Å². The summed E-state index contributed by atoms with van der Waals surface area (Å²) in [6.07, 6.45) is 4.95. The Morgan fingerprint density at radius 1 is 1.26 bits per heavy atom. The first-order valence-corrected chi connectivity index (χ1v) is 11.5. The number of aliphatic hydroxyl groups is 2.